The quantitative estimate of drug-likeness (QED) is 0.581. The zero-order valence-electron chi connectivity index (χ0n) is 11.9. The zero-order chi connectivity index (χ0) is 15.3. The number of rotatable bonds is 7. The standard InChI is InChI=1S/C13H20N4O3/c1-9(6-7-16(2)3)15-11-8-10(13(14)18)4-5-12(11)17(19)20/h4-5,8-9,15H,6-7H2,1-3H3,(H2,14,18). The average Bonchev–Trinajstić information content (AvgIpc) is 2.35. The lowest BCUT2D eigenvalue weighted by Crippen LogP contribution is -2.23. The summed E-state index contributed by atoms with van der Waals surface area (Å²) in [6.07, 6.45) is 0.824. The molecule has 0 aliphatic heterocycles. The van der Waals surface area contributed by atoms with E-state index in [0.29, 0.717) is 5.69 Å². The van der Waals surface area contributed by atoms with E-state index in [0.717, 1.165) is 13.0 Å². The third-order valence-electron chi connectivity index (χ3n) is 2.89. The van der Waals surface area contributed by atoms with Crippen LogP contribution in [-0.2, 0) is 0 Å². The van der Waals surface area contributed by atoms with Gasteiger partial charge in [-0.1, -0.05) is 0 Å². The molecule has 0 aliphatic rings. The van der Waals surface area contributed by atoms with E-state index in [4.69, 9.17) is 5.73 Å². The number of nitrogens with one attached hydrogen (secondary N) is 1. The van der Waals surface area contributed by atoms with E-state index >= 15 is 0 Å². The van der Waals surface area contributed by atoms with Gasteiger partial charge in [-0.3, -0.25) is 14.9 Å². The first-order valence-corrected chi connectivity index (χ1v) is 6.30. The molecule has 0 saturated heterocycles. The smallest absolute Gasteiger partial charge is 0.292 e. The molecule has 0 spiro atoms. The molecule has 3 N–H and O–H groups in total. The van der Waals surface area contributed by atoms with E-state index in [1.807, 2.05) is 25.9 Å². The minimum atomic E-state index is -0.608. The Hall–Kier alpha value is -2.15. The molecule has 0 aromatic heterocycles. The second-order valence-corrected chi connectivity index (χ2v) is 4.99. The van der Waals surface area contributed by atoms with Crippen LogP contribution in [0, 0.1) is 10.1 Å². The molecule has 1 amide bonds. The van der Waals surface area contributed by atoms with E-state index in [-0.39, 0.29) is 17.3 Å². The van der Waals surface area contributed by atoms with Gasteiger partial charge in [-0.2, -0.15) is 0 Å². The molecule has 7 nitrogen and oxygen atoms in total. The second-order valence-electron chi connectivity index (χ2n) is 4.99. The number of nitrogens with zero attached hydrogens (tertiary/aromatic N) is 2. The van der Waals surface area contributed by atoms with Crippen LogP contribution in [0.1, 0.15) is 23.7 Å². The minimum Gasteiger partial charge on any atom is -0.377 e. The molecule has 0 saturated carbocycles. The summed E-state index contributed by atoms with van der Waals surface area (Å²) in [7, 11) is 3.92. The Bertz CT molecular complexity index is 502. The van der Waals surface area contributed by atoms with Crippen LogP contribution in [0.25, 0.3) is 0 Å². The molecule has 1 rings (SSSR count). The van der Waals surface area contributed by atoms with Crippen molar-refractivity contribution in [3.05, 3.63) is 33.9 Å². The maximum atomic E-state index is 11.2. The fourth-order valence-electron chi connectivity index (χ4n) is 1.75. The zero-order valence-corrected chi connectivity index (χ0v) is 11.9. The van der Waals surface area contributed by atoms with Gasteiger partial charge >= 0.3 is 0 Å². The van der Waals surface area contributed by atoms with Crippen molar-refractivity contribution in [2.45, 2.75) is 19.4 Å². The predicted molar refractivity (Wildman–Crippen MR) is 77.9 cm³/mol. The first kappa shape index (κ1) is 15.9. The maximum Gasteiger partial charge on any atom is 0.292 e. The van der Waals surface area contributed by atoms with Crippen molar-refractivity contribution in [3.63, 3.8) is 0 Å². The molecule has 1 aromatic rings. The number of benzene rings is 1. The fourth-order valence-corrected chi connectivity index (χ4v) is 1.75. The summed E-state index contributed by atoms with van der Waals surface area (Å²) in [5, 5.41) is 14.1. The molecule has 1 atom stereocenters. The van der Waals surface area contributed by atoms with E-state index < -0.39 is 10.8 Å². The van der Waals surface area contributed by atoms with Gasteiger partial charge in [0.1, 0.15) is 5.69 Å². The van der Waals surface area contributed by atoms with Gasteiger partial charge in [-0.15, -0.1) is 0 Å². The van der Waals surface area contributed by atoms with Gasteiger partial charge in [-0.25, -0.2) is 0 Å². The van der Waals surface area contributed by atoms with Gasteiger partial charge in [0.15, 0.2) is 0 Å². The summed E-state index contributed by atoms with van der Waals surface area (Å²) in [6.45, 7) is 2.79. The number of amides is 1. The number of nitrogens with two attached hydrogens (primary N) is 1. The summed E-state index contributed by atoms with van der Waals surface area (Å²) in [5.74, 6) is -0.608. The van der Waals surface area contributed by atoms with Crippen molar-refractivity contribution in [1.82, 2.24) is 4.90 Å². The van der Waals surface area contributed by atoms with Crippen molar-refractivity contribution in [2.75, 3.05) is 26.0 Å². The molecule has 0 radical (unpaired) electrons. The molecular weight excluding hydrogens is 260 g/mol. The molecule has 0 aliphatic carbocycles. The van der Waals surface area contributed by atoms with Gasteiger partial charge in [0.25, 0.3) is 5.69 Å². The van der Waals surface area contributed by atoms with Crippen LogP contribution in [-0.4, -0.2) is 42.4 Å². The second kappa shape index (κ2) is 6.85. The van der Waals surface area contributed by atoms with Gasteiger partial charge < -0.3 is 16.0 Å². The summed E-state index contributed by atoms with van der Waals surface area (Å²) in [4.78, 5) is 23.7. The van der Waals surface area contributed by atoms with Crippen molar-refractivity contribution in [2.24, 2.45) is 5.73 Å². The van der Waals surface area contributed by atoms with Crippen molar-refractivity contribution in [1.29, 1.82) is 0 Å². The first-order chi connectivity index (χ1) is 9.31. The van der Waals surface area contributed by atoms with Crippen LogP contribution >= 0.6 is 0 Å². The number of nitro groups is 1. The van der Waals surface area contributed by atoms with Crippen LogP contribution in [0.15, 0.2) is 18.2 Å². The lowest BCUT2D eigenvalue weighted by molar-refractivity contribution is -0.384. The number of carbonyl (C=O) groups is 1. The Labute approximate surface area is 117 Å². The molecule has 0 fully saturated rings. The SMILES string of the molecule is CC(CCN(C)C)Nc1cc(C(N)=O)ccc1[N+](=O)[O-]. The van der Waals surface area contributed by atoms with Crippen LogP contribution in [0.3, 0.4) is 0 Å². The molecule has 20 heavy (non-hydrogen) atoms. The van der Waals surface area contributed by atoms with Crippen LogP contribution < -0.4 is 11.1 Å². The highest BCUT2D eigenvalue weighted by Gasteiger charge is 2.17. The number of nitro benzene ring substituents is 1. The summed E-state index contributed by atoms with van der Waals surface area (Å²) in [6, 6.07) is 4.11. The van der Waals surface area contributed by atoms with Gasteiger partial charge in [0.2, 0.25) is 5.91 Å². The largest absolute Gasteiger partial charge is 0.377 e. The highest BCUT2D eigenvalue weighted by Crippen LogP contribution is 2.26. The Morgan fingerprint density at radius 2 is 2.15 bits per heavy atom. The summed E-state index contributed by atoms with van der Waals surface area (Å²) >= 11 is 0. The Kier molecular flexibility index (Phi) is 5.45. The van der Waals surface area contributed by atoms with Crippen molar-refractivity contribution >= 4 is 17.3 Å². The monoisotopic (exact) mass is 280 g/mol. The molecule has 0 heterocycles. The Morgan fingerprint density at radius 3 is 2.65 bits per heavy atom. The topological polar surface area (TPSA) is 102 Å². The third kappa shape index (κ3) is 4.51. The maximum absolute atomic E-state index is 11.2. The fraction of sp³-hybridized carbons (Fsp3) is 0.462. The van der Waals surface area contributed by atoms with Crippen LogP contribution in [0.4, 0.5) is 11.4 Å². The third-order valence-corrected chi connectivity index (χ3v) is 2.89. The molecule has 1 aromatic carbocycles. The number of anilines is 1. The normalized spacial score (nSPS) is 12.2. The number of hydrogen-bond donors (Lipinski definition) is 2. The van der Waals surface area contributed by atoms with E-state index in [9.17, 15) is 14.9 Å². The molecule has 1 unspecified atom stereocenters. The summed E-state index contributed by atoms with van der Waals surface area (Å²) < 4.78 is 0. The average molecular weight is 280 g/mol. The molecular formula is C13H20N4O3. The van der Waals surface area contributed by atoms with Crippen molar-refractivity contribution < 1.29 is 9.72 Å². The van der Waals surface area contributed by atoms with E-state index in [1.54, 1.807) is 0 Å². The minimum absolute atomic E-state index is 0.0410. The van der Waals surface area contributed by atoms with Crippen LogP contribution in [0.2, 0.25) is 0 Å². The molecule has 0 bridgehead atoms. The van der Waals surface area contributed by atoms with Gasteiger partial charge in [0.05, 0.1) is 4.92 Å². The lowest BCUT2D eigenvalue weighted by atomic mass is 10.1. The van der Waals surface area contributed by atoms with Crippen molar-refractivity contribution in [3.8, 4) is 0 Å². The van der Waals surface area contributed by atoms with E-state index in [2.05, 4.69) is 5.32 Å². The summed E-state index contributed by atoms with van der Waals surface area (Å²) in [5.41, 5.74) is 5.70. The number of carbonyl (C=O) groups excluding carboxylic acids is 1. The molecule has 110 valence electrons. The first-order valence-electron chi connectivity index (χ1n) is 6.30. The van der Waals surface area contributed by atoms with Gasteiger partial charge in [0, 0.05) is 17.7 Å². The number of primary amides is 1. The highest BCUT2D eigenvalue weighted by atomic mass is 16.6. The molecule has 7 heteroatoms. The van der Waals surface area contributed by atoms with E-state index in [1.165, 1.54) is 18.2 Å². The van der Waals surface area contributed by atoms with Crippen LogP contribution in [0.5, 0.6) is 0 Å². The predicted octanol–water partition coefficient (Wildman–Crippen LogP) is 1.45. The van der Waals surface area contributed by atoms with Gasteiger partial charge in [-0.05, 0) is 46.1 Å². The number of hydrogen-bond acceptors (Lipinski definition) is 5. The Balaban J connectivity index is 2.92. The Morgan fingerprint density at radius 1 is 1.50 bits per heavy atom. The lowest BCUT2D eigenvalue weighted by Gasteiger charge is -2.18. The highest BCUT2D eigenvalue weighted by molar-refractivity contribution is 5.94.